The molecule has 0 fully saturated rings. The zero-order chi connectivity index (χ0) is 17.5. The van der Waals surface area contributed by atoms with Crippen molar-refractivity contribution in [1.29, 1.82) is 0 Å². The van der Waals surface area contributed by atoms with Crippen LogP contribution in [0, 0.1) is 6.92 Å². The Hall–Kier alpha value is -1.94. The van der Waals surface area contributed by atoms with E-state index in [4.69, 9.17) is 4.74 Å². The third kappa shape index (κ3) is 5.03. The Morgan fingerprint density at radius 3 is 2.29 bits per heavy atom. The van der Waals surface area contributed by atoms with Crippen LogP contribution >= 0.6 is 11.8 Å². The van der Waals surface area contributed by atoms with Gasteiger partial charge in [0.2, 0.25) is 5.91 Å². The molecule has 24 heavy (non-hydrogen) atoms. The van der Waals surface area contributed by atoms with Crippen LogP contribution in [-0.2, 0) is 4.79 Å². The molecular weight excluding hydrogens is 318 g/mol. The normalized spacial score (nSPS) is 13.2. The average molecular weight is 343 g/mol. The largest absolute Gasteiger partial charge is 0.497 e. The van der Waals surface area contributed by atoms with Crippen molar-refractivity contribution in [3.05, 3.63) is 59.7 Å². The lowest BCUT2D eigenvalue weighted by molar-refractivity contribution is -0.121. The molecule has 0 spiro atoms. The number of carbonyl (C=O) groups excluding carboxylic acids is 1. The van der Waals surface area contributed by atoms with Crippen molar-refractivity contribution in [2.45, 2.75) is 43.4 Å². The molecule has 0 unspecified atom stereocenters. The number of methoxy groups -OCH3 is 1. The molecule has 2 aromatic carbocycles. The monoisotopic (exact) mass is 343 g/mol. The van der Waals surface area contributed by atoms with E-state index in [9.17, 15) is 4.79 Å². The van der Waals surface area contributed by atoms with E-state index in [2.05, 4.69) is 43.4 Å². The second-order valence-electron chi connectivity index (χ2n) is 5.82. The number of amides is 1. The second-order valence-corrected chi connectivity index (χ2v) is 7.23. The first kappa shape index (κ1) is 18.4. The Bertz CT molecular complexity index is 652. The summed E-state index contributed by atoms with van der Waals surface area (Å²) < 4.78 is 5.19. The highest BCUT2D eigenvalue weighted by Gasteiger charge is 2.19. The van der Waals surface area contributed by atoms with Crippen molar-refractivity contribution in [3.8, 4) is 5.75 Å². The Kier molecular flexibility index (Phi) is 6.73. The summed E-state index contributed by atoms with van der Waals surface area (Å²) in [6.45, 7) is 6.08. The molecule has 0 heterocycles. The number of hydrogen-bond donors (Lipinski definition) is 1. The molecule has 0 aliphatic rings. The lowest BCUT2D eigenvalue weighted by atomic mass is 10.0. The molecule has 0 aromatic heterocycles. The lowest BCUT2D eigenvalue weighted by Crippen LogP contribution is -2.34. The van der Waals surface area contributed by atoms with Crippen LogP contribution in [0.15, 0.2) is 53.4 Å². The summed E-state index contributed by atoms with van der Waals surface area (Å²) in [5.41, 5.74) is 2.32. The number of carbonyl (C=O) groups is 1. The van der Waals surface area contributed by atoms with Gasteiger partial charge in [-0.3, -0.25) is 4.79 Å². The molecular formula is C20H25NO2S. The summed E-state index contributed by atoms with van der Waals surface area (Å²) >= 11 is 1.58. The molecule has 1 N–H and O–H groups in total. The summed E-state index contributed by atoms with van der Waals surface area (Å²) in [6, 6.07) is 16.1. The van der Waals surface area contributed by atoms with E-state index in [0.717, 1.165) is 22.6 Å². The molecule has 2 rings (SSSR count). The van der Waals surface area contributed by atoms with Gasteiger partial charge in [0, 0.05) is 4.90 Å². The smallest absolute Gasteiger partial charge is 0.233 e. The van der Waals surface area contributed by atoms with Gasteiger partial charge < -0.3 is 10.1 Å². The minimum Gasteiger partial charge on any atom is -0.497 e. The van der Waals surface area contributed by atoms with Crippen molar-refractivity contribution in [1.82, 2.24) is 5.32 Å². The Balaban J connectivity index is 1.98. The topological polar surface area (TPSA) is 38.3 Å². The van der Waals surface area contributed by atoms with Gasteiger partial charge in [0.05, 0.1) is 18.4 Å². The first-order chi connectivity index (χ1) is 11.5. The van der Waals surface area contributed by atoms with E-state index in [1.165, 1.54) is 5.56 Å². The zero-order valence-corrected chi connectivity index (χ0v) is 15.5. The molecule has 0 saturated heterocycles. The summed E-state index contributed by atoms with van der Waals surface area (Å²) in [5, 5.41) is 3.01. The minimum atomic E-state index is -0.139. The van der Waals surface area contributed by atoms with Crippen LogP contribution in [0.1, 0.15) is 37.4 Å². The first-order valence-corrected chi connectivity index (χ1v) is 9.09. The highest BCUT2D eigenvalue weighted by atomic mass is 32.2. The van der Waals surface area contributed by atoms with Crippen LogP contribution in [0.5, 0.6) is 5.75 Å². The van der Waals surface area contributed by atoms with E-state index in [1.54, 1.807) is 18.9 Å². The van der Waals surface area contributed by atoms with Crippen LogP contribution in [0.25, 0.3) is 0 Å². The number of nitrogens with one attached hydrogen (secondary N) is 1. The highest BCUT2D eigenvalue weighted by Crippen LogP contribution is 2.25. The third-order valence-corrected chi connectivity index (χ3v) is 5.06. The summed E-state index contributed by atoms with van der Waals surface area (Å²) in [7, 11) is 1.65. The Labute approximate surface area is 148 Å². The van der Waals surface area contributed by atoms with Crippen LogP contribution in [0.3, 0.4) is 0 Å². The van der Waals surface area contributed by atoms with Crippen LogP contribution in [0.2, 0.25) is 0 Å². The zero-order valence-electron chi connectivity index (χ0n) is 14.7. The molecule has 0 radical (unpaired) electrons. The van der Waals surface area contributed by atoms with E-state index >= 15 is 0 Å². The number of aryl methyl sites for hydroxylation is 1. The number of benzene rings is 2. The third-order valence-electron chi connectivity index (χ3n) is 3.95. The number of hydrogen-bond acceptors (Lipinski definition) is 3. The van der Waals surface area contributed by atoms with Gasteiger partial charge in [-0.15, -0.1) is 11.8 Å². The van der Waals surface area contributed by atoms with Crippen LogP contribution in [-0.4, -0.2) is 18.3 Å². The molecule has 0 aliphatic heterocycles. The molecule has 4 heteroatoms. The second kappa shape index (κ2) is 8.78. The van der Waals surface area contributed by atoms with Crippen molar-refractivity contribution in [2.75, 3.05) is 7.11 Å². The molecule has 3 nitrogen and oxygen atoms in total. The number of rotatable bonds is 7. The van der Waals surface area contributed by atoms with Gasteiger partial charge in [0.15, 0.2) is 0 Å². The molecule has 2 atom stereocenters. The van der Waals surface area contributed by atoms with Gasteiger partial charge in [0.1, 0.15) is 5.75 Å². The summed E-state index contributed by atoms with van der Waals surface area (Å²) in [6.07, 6.45) is 0.847. The molecule has 0 aliphatic carbocycles. The maximum absolute atomic E-state index is 12.5. The number of thioether (sulfide) groups is 1. The highest BCUT2D eigenvalue weighted by molar-refractivity contribution is 8.00. The fourth-order valence-corrected chi connectivity index (χ4v) is 3.30. The minimum absolute atomic E-state index is 0.0180. The molecule has 1 amide bonds. The van der Waals surface area contributed by atoms with Gasteiger partial charge in [0.25, 0.3) is 0 Å². The molecule has 2 aromatic rings. The maximum atomic E-state index is 12.5. The SMILES string of the molecule is CC[C@@H](NC(=O)[C@@H](C)Sc1ccc(C)cc1)c1ccc(OC)cc1. The van der Waals surface area contributed by atoms with Crippen LogP contribution < -0.4 is 10.1 Å². The van der Waals surface area contributed by atoms with Crippen molar-refractivity contribution < 1.29 is 9.53 Å². The standard InChI is InChI=1S/C20H25NO2S/c1-5-19(16-8-10-17(23-4)11-9-16)21-20(22)15(3)24-18-12-6-14(2)7-13-18/h6-13,15,19H,5H2,1-4H3,(H,21,22)/t15-,19-/m1/s1. The molecule has 0 saturated carbocycles. The maximum Gasteiger partial charge on any atom is 0.233 e. The fraction of sp³-hybridized carbons (Fsp3) is 0.350. The van der Waals surface area contributed by atoms with Crippen LogP contribution in [0.4, 0.5) is 0 Å². The molecule has 0 bridgehead atoms. The van der Waals surface area contributed by atoms with Gasteiger partial charge in [-0.25, -0.2) is 0 Å². The van der Waals surface area contributed by atoms with Crippen molar-refractivity contribution in [2.24, 2.45) is 0 Å². The number of ether oxygens (including phenoxy) is 1. The quantitative estimate of drug-likeness (QED) is 0.737. The van der Waals surface area contributed by atoms with Crippen molar-refractivity contribution in [3.63, 3.8) is 0 Å². The van der Waals surface area contributed by atoms with Crippen molar-refractivity contribution >= 4 is 17.7 Å². The van der Waals surface area contributed by atoms with Gasteiger partial charge >= 0.3 is 0 Å². The van der Waals surface area contributed by atoms with E-state index in [-0.39, 0.29) is 17.2 Å². The van der Waals surface area contributed by atoms with Gasteiger partial charge in [-0.05, 0) is 50.1 Å². The predicted molar refractivity (Wildman–Crippen MR) is 101 cm³/mol. The summed E-state index contributed by atoms with van der Waals surface area (Å²) in [5.74, 6) is 0.881. The Morgan fingerprint density at radius 2 is 1.75 bits per heavy atom. The molecule has 128 valence electrons. The van der Waals surface area contributed by atoms with Gasteiger partial charge in [-0.2, -0.15) is 0 Å². The van der Waals surface area contributed by atoms with Gasteiger partial charge in [-0.1, -0.05) is 36.8 Å². The summed E-state index contributed by atoms with van der Waals surface area (Å²) in [4.78, 5) is 13.6. The van der Waals surface area contributed by atoms with E-state index in [0.29, 0.717) is 0 Å². The Morgan fingerprint density at radius 1 is 1.12 bits per heavy atom. The van der Waals surface area contributed by atoms with E-state index in [1.807, 2.05) is 31.2 Å². The lowest BCUT2D eigenvalue weighted by Gasteiger charge is -2.20. The fourth-order valence-electron chi connectivity index (χ4n) is 2.42. The first-order valence-electron chi connectivity index (χ1n) is 8.21. The van der Waals surface area contributed by atoms with E-state index < -0.39 is 0 Å². The predicted octanol–water partition coefficient (Wildman–Crippen LogP) is 4.75. The average Bonchev–Trinajstić information content (AvgIpc) is 2.61.